The monoisotopic (exact) mass is 292 g/mol. The maximum Gasteiger partial charge on any atom is 0.162 e. The summed E-state index contributed by atoms with van der Waals surface area (Å²) in [6.07, 6.45) is 2.64. The van der Waals surface area contributed by atoms with Gasteiger partial charge in [-0.25, -0.2) is 4.39 Å². The fraction of sp³-hybridized carbons (Fsp3) is 0.588. The van der Waals surface area contributed by atoms with Gasteiger partial charge in [0, 0.05) is 38.2 Å². The van der Waals surface area contributed by atoms with E-state index in [-0.39, 0.29) is 11.6 Å². The van der Waals surface area contributed by atoms with Crippen LogP contribution < -0.4 is 0 Å². The quantitative estimate of drug-likeness (QED) is 0.722. The molecule has 1 aliphatic heterocycles. The van der Waals surface area contributed by atoms with Gasteiger partial charge in [0.05, 0.1) is 0 Å². The van der Waals surface area contributed by atoms with Gasteiger partial charge in [0.25, 0.3) is 0 Å². The van der Waals surface area contributed by atoms with Gasteiger partial charge in [0.1, 0.15) is 5.82 Å². The molecular weight excluding hydrogens is 267 g/mol. The van der Waals surface area contributed by atoms with Gasteiger partial charge in [-0.1, -0.05) is 6.92 Å². The second kappa shape index (κ2) is 8.25. The summed E-state index contributed by atoms with van der Waals surface area (Å²) >= 11 is 0. The summed E-state index contributed by atoms with van der Waals surface area (Å²) in [5, 5.41) is 0. The Morgan fingerprint density at radius 3 is 2.19 bits per heavy atom. The average molecular weight is 292 g/mol. The van der Waals surface area contributed by atoms with Crippen LogP contribution >= 0.6 is 0 Å². The molecule has 0 aromatic heterocycles. The van der Waals surface area contributed by atoms with Crippen molar-refractivity contribution in [2.75, 3.05) is 39.3 Å². The van der Waals surface area contributed by atoms with Crippen LogP contribution in [0.25, 0.3) is 0 Å². The molecule has 0 N–H and O–H groups in total. The Labute approximate surface area is 126 Å². The summed E-state index contributed by atoms with van der Waals surface area (Å²) in [6.45, 7) is 8.87. The molecule has 4 heteroatoms. The Morgan fingerprint density at radius 1 is 1.05 bits per heavy atom. The van der Waals surface area contributed by atoms with Crippen LogP contribution in [0, 0.1) is 5.82 Å². The molecule has 0 unspecified atom stereocenters. The van der Waals surface area contributed by atoms with Gasteiger partial charge in [-0.2, -0.15) is 0 Å². The number of ketones is 1. The molecule has 116 valence electrons. The molecule has 0 aliphatic carbocycles. The highest BCUT2D eigenvalue weighted by molar-refractivity contribution is 5.95. The molecule has 1 fully saturated rings. The fourth-order valence-corrected chi connectivity index (χ4v) is 2.80. The predicted octanol–water partition coefficient (Wildman–Crippen LogP) is 2.82. The van der Waals surface area contributed by atoms with Gasteiger partial charge in [0.2, 0.25) is 0 Å². The standard InChI is InChI=1S/C17H25FN2O/c1-2-9-19-11-13-20(14-12-19)10-3-4-17(21)15-5-7-16(18)8-6-15/h5-8H,2-4,9-14H2,1H3. The molecule has 0 bridgehead atoms. The molecule has 0 atom stereocenters. The SMILES string of the molecule is CCCN1CCN(CCCC(=O)c2ccc(F)cc2)CC1. The summed E-state index contributed by atoms with van der Waals surface area (Å²) < 4.78 is 12.8. The predicted molar refractivity (Wildman–Crippen MR) is 83.1 cm³/mol. The lowest BCUT2D eigenvalue weighted by molar-refractivity contribution is 0.0962. The summed E-state index contributed by atoms with van der Waals surface area (Å²) in [7, 11) is 0. The van der Waals surface area contributed by atoms with Crippen LogP contribution in [-0.4, -0.2) is 54.9 Å². The number of hydrogen-bond donors (Lipinski definition) is 0. The summed E-state index contributed by atoms with van der Waals surface area (Å²) in [6, 6.07) is 5.84. The van der Waals surface area contributed by atoms with Crippen LogP contribution in [0.3, 0.4) is 0 Å². The van der Waals surface area contributed by atoms with E-state index in [9.17, 15) is 9.18 Å². The highest BCUT2D eigenvalue weighted by Crippen LogP contribution is 2.09. The first-order valence-corrected chi connectivity index (χ1v) is 7.92. The number of benzene rings is 1. The van der Waals surface area contributed by atoms with E-state index in [1.807, 2.05) is 0 Å². The van der Waals surface area contributed by atoms with E-state index in [4.69, 9.17) is 0 Å². The second-order valence-electron chi connectivity index (χ2n) is 5.72. The molecule has 1 aliphatic rings. The molecule has 1 saturated heterocycles. The minimum Gasteiger partial charge on any atom is -0.301 e. The van der Waals surface area contributed by atoms with E-state index in [1.165, 1.54) is 25.1 Å². The van der Waals surface area contributed by atoms with Crippen molar-refractivity contribution in [3.05, 3.63) is 35.6 Å². The number of rotatable bonds is 7. The normalized spacial score (nSPS) is 17.0. The Bertz CT molecular complexity index is 439. The third kappa shape index (κ3) is 5.21. The number of piperazine rings is 1. The van der Waals surface area contributed by atoms with Gasteiger partial charge in [-0.3, -0.25) is 4.79 Å². The van der Waals surface area contributed by atoms with E-state index < -0.39 is 0 Å². The van der Waals surface area contributed by atoms with Crippen LogP contribution in [0.4, 0.5) is 4.39 Å². The Morgan fingerprint density at radius 2 is 1.62 bits per heavy atom. The lowest BCUT2D eigenvalue weighted by atomic mass is 10.1. The highest BCUT2D eigenvalue weighted by Gasteiger charge is 2.16. The number of carbonyl (C=O) groups excluding carboxylic acids is 1. The number of hydrogen-bond acceptors (Lipinski definition) is 3. The van der Waals surface area contributed by atoms with Crippen molar-refractivity contribution in [3.63, 3.8) is 0 Å². The number of Topliss-reactive ketones (excluding diaryl/α,β-unsaturated/α-hetero) is 1. The lowest BCUT2D eigenvalue weighted by Crippen LogP contribution is -2.46. The van der Waals surface area contributed by atoms with E-state index >= 15 is 0 Å². The molecule has 3 nitrogen and oxygen atoms in total. The first-order valence-electron chi connectivity index (χ1n) is 7.92. The van der Waals surface area contributed by atoms with E-state index in [2.05, 4.69) is 16.7 Å². The van der Waals surface area contributed by atoms with E-state index in [0.717, 1.165) is 39.1 Å². The number of carbonyl (C=O) groups is 1. The van der Waals surface area contributed by atoms with E-state index in [0.29, 0.717) is 12.0 Å². The molecule has 1 heterocycles. The van der Waals surface area contributed by atoms with Gasteiger partial charge < -0.3 is 9.80 Å². The largest absolute Gasteiger partial charge is 0.301 e. The van der Waals surface area contributed by atoms with Gasteiger partial charge in [-0.05, 0) is 50.2 Å². The molecule has 0 spiro atoms. The Kier molecular flexibility index (Phi) is 6.33. The van der Waals surface area contributed by atoms with Crippen LogP contribution in [0.15, 0.2) is 24.3 Å². The smallest absolute Gasteiger partial charge is 0.162 e. The maximum atomic E-state index is 12.8. The fourth-order valence-electron chi connectivity index (χ4n) is 2.80. The van der Waals surface area contributed by atoms with Crippen LogP contribution in [0.1, 0.15) is 36.5 Å². The molecule has 1 aromatic rings. The molecule has 1 aromatic carbocycles. The highest BCUT2D eigenvalue weighted by atomic mass is 19.1. The topological polar surface area (TPSA) is 23.6 Å². The maximum absolute atomic E-state index is 12.8. The third-order valence-corrected chi connectivity index (χ3v) is 4.05. The zero-order valence-corrected chi connectivity index (χ0v) is 12.9. The molecule has 21 heavy (non-hydrogen) atoms. The number of halogens is 1. The summed E-state index contributed by atoms with van der Waals surface area (Å²) in [4.78, 5) is 16.9. The van der Waals surface area contributed by atoms with Crippen molar-refractivity contribution in [1.29, 1.82) is 0 Å². The first-order chi connectivity index (χ1) is 10.2. The third-order valence-electron chi connectivity index (χ3n) is 4.05. The Hall–Kier alpha value is -1.26. The second-order valence-corrected chi connectivity index (χ2v) is 5.72. The van der Waals surface area contributed by atoms with Crippen LogP contribution in [-0.2, 0) is 0 Å². The first kappa shape index (κ1) is 16.1. The summed E-state index contributed by atoms with van der Waals surface area (Å²) in [5.74, 6) is -0.184. The molecule has 0 amide bonds. The summed E-state index contributed by atoms with van der Waals surface area (Å²) in [5.41, 5.74) is 0.615. The molecule has 0 saturated carbocycles. The van der Waals surface area contributed by atoms with Crippen molar-refractivity contribution < 1.29 is 9.18 Å². The number of nitrogens with zero attached hydrogens (tertiary/aromatic N) is 2. The van der Waals surface area contributed by atoms with Gasteiger partial charge >= 0.3 is 0 Å². The van der Waals surface area contributed by atoms with Crippen molar-refractivity contribution >= 4 is 5.78 Å². The molecule has 0 radical (unpaired) electrons. The van der Waals surface area contributed by atoms with E-state index in [1.54, 1.807) is 12.1 Å². The lowest BCUT2D eigenvalue weighted by Gasteiger charge is -2.34. The average Bonchev–Trinajstić information content (AvgIpc) is 2.50. The van der Waals surface area contributed by atoms with Crippen molar-refractivity contribution in [2.45, 2.75) is 26.2 Å². The zero-order valence-electron chi connectivity index (χ0n) is 12.9. The van der Waals surface area contributed by atoms with Crippen LogP contribution in [0.2, 0.25) is 0 Å². The van der Waals surface area contributed by atoms with Gasteiger partial charge in [0.15, 0.2) is 5.78 Å². The molecule has 2 rings (SSSR count). The van der Waals surface area contributed by atoms with Crippen molar-refractivity contribution in [3.8, 4) is 0 Å². The van der Waals surface area contributed by atoms with Crippen LogP contribution in [0.5, 0.6) is 0 Å². The molecular formula is C17H25FN2O. The minimum absolute atomic E-state index is 0.111. The van der Waals surface area contributed by atoms with Crippen molar-refractivity contribution in [1.82, 2.24) is 9.80 Å². The zero-order chi connectivity index (χ0) is 15.1. The Balaban J connectivity index is 1.66. The van der Waals surface area contributed by atoms with Crippen molar-refractivity contribution in [2.24, 2.45) is 0 Å². The minimum atomic E-state index is -0.295. The van der Waals surface area contributed by atoms with Gasteiger partial charge in [-0.15, -0.1) is 0 Å².